The summed E-state index contributed by atoms with van der Waals surface area (Å²) in [6.45, 7) is 5.03. The molecule has 0 aliphatic heterocycles. The molecule has 0 aromatic heterocycles. The summed E-state index contributed by atoms with van der Waals surface area (Å²) in [5.74, 6) is 1.48. The van der Waals surface area contributed by atoms with Crippen LogP contribution in [0.5, 0.6) is 11.5 Å². The van der Waals surface area contributed by atoms with Crippen molar-refractivity contribution in [3.8, 4) is 17.6 Å². The van der Waals surface area contributed by atoms with Crippen LogP contribution in [-0.4, -0.2) is 13.2 Å². The maximum Gasteiger partial charge on any atom is 0.130 e. The maximum absolute atomic E-state index is 9.69. The van der Waals surface area contributed by atoms with Crippen LogP contribution in [0.3, 0.4) is 0 Å². The third-order valence-electron chi connectivity index (χ3n) is 4.08. The summed E-state index contributed by atoms with van der Waals surface area (Å²) >= 11 is 0. The Balaban J connectivity index is 2.03. The molecule has 0 saturated carbocycles. The number of fused-ring (bicyclic) bond motifs is 1. The first kappa shape index (κ1) is 17.6. The minimum atomic E-state index is 0.550. The molecule has 0 spiro atoms. The molecule has 0 N–H and O–H groups in total. The molecular formula is C23H21NO2. The fourth-order valence-corrected chi connectivity index (χ4v) is 2.86. The first-order valence-corrected chi connectivity index (χ1v) is 8.75. The van der Waals surface area contributed by atoms with Gasteiger partial charge in [-0.25, -0.2) is 0 Å². The summed E-state index contributed by atoms with van der Waals surface area (Å²) in [4.78, 5) is 0. The summed E-state index contributed by atoms with van der Waals surface area (Å²) in [6.07, 6.45) is 1.87. The minimum Gasteiger partial charge on any atom is -0.494 e. The summed E-state index contributed by atoms with van der Waals surface area (Å²) in [5, 5.41) is 12.0. The number of rotatable bonds is 6. The van der Waals surface area contributed by atoms with Crippen LogP contribution in [0.25, 0.3) is 22.4 Å². The third kappa shape index (κ3) is 3.87. The highest BCUT2D eigenvalue weighted by atomic mass is 16.5. The van der Waals surface area contributed by atoms with Gasteiger partial charge in [-0.15, -0.1) is 0 Å². The standard InChI is InChI=1S/C23H21NO2/c1-3-25-22-12-11-20(23(15-22)26-4-2)14-21(16-24)19-10-9-17-7-5-6-8-18(17)13-19/h5-15H,3-4H2,1-2H3. The largest absolute Gasteiger partial charge is 0.494 e. The van der Waals surface area contributed by atoms with Crippen LogP contribution in [0.4, 0.5) is 0 Å². The van der Waals surface area contributed by atoms with E-state index in [1.807, 2.05) is 68.5 Å². The lowest BCUT2D eigenvalue weighted by molar-refractivity contribution is 0.322. The van der Waals surface area contributed by atoms with E-state index < -0.39 is 0 Å². The van der Waals surface area contributed by atoms with Crippen molar-refractivity contribution < 1.29 is 9.47 Å². The van der Waals surface area contributed by atoms with Crippen molar-refractivity contribution in [2.45, 2.75) is 13.8 Å². The fourth-order valence-electron chi connectivity index (χ4n) is 2.86. The monoisotopic (exact) mass is 343 g/mol. The molecule has 0 heterocycles. The van der Waals surface area contributed by atoms with Crippen LogP contribution in [0.2, 0.25) is 0 Å². The second kappa shape index (κ2) is 8.22. The van der Waals surface area contributed by atoms with E-state index in [2.05, 4.69) is 18.2 Å². The van der Waals surface area contributed by atoms with Gasteiger partial charge in [0.1, 0.15) is 11.5 Å². The molecule has 0 bridgehead atoms. The molecule has 3 aromatic carbocycles. The first-order chi connectivity index (χ1) is 12.7. The Labute approximate surface area is 154 Å². The fraction of sp³-hybridized carbons (Fsp3) is 0.174. The number of hydrogen-bond donors (Lipinski definition) is 0. The number of allylic oxidation sites excluding steroid dienone is 1. The van der Waals surface area contributed by atoms with E-state index in [9.17, 15) is 5.26 Å². The van der Waals surface area contributed by atoms with Crippen LogP contribution >= 0.6 is 0 Å². The van der Waals surface area contributed by atoms with E-state index in [-0.39, 0.29) is 0 Å². The number of benzene rings is 3. The molecule has 3 heteroatoms. The normalized spacial score (nSPS) is 11.2. The van der Waals surface area contributed by atoms with E-state index >= 15 is 0 Å². The zero-order valence-electron chi connectivity index (χ0n) is 15.0. The first-order valence-electron chi connectivity index (χ1n) is 8.75. The van der Waals surface area contributed by atoms with Crippen molar-refractivity contribution in [2.24, 2.45) is 0 Å². The number of nitriles is 1. The van der Waals surface area contributed by atoms with Crippen molar-refractivity contribution in [1.82, 2.24) is 0 Å². The van der Waals surface area contributed by atoms with E-state index in [0.29, 0.717) is 24.5 Å². The smallest absolute Gasteiger partial charge is 0.130 e. The van der Waals surface area contributed by atoms with Gasteiger partial charge in [0, 0.05) is 11.6 Å². The minimum absolute atomic E-state index is 0.550. The molecule has 0 aliphatic carbocycles. The van der Waals surface area contributed by atoms with Gasteiger partial charge in [-0.3, -0.25) is 0 Å². The number of hydrogen-bond acceptors (Lipinski definition) is 3. The van der Waals surface area contributed by atoms with Gasteiger partial charge in [0.2, 0.25) is 0 Å². The lowest BCUT2D eigenvalue weighted by Gasteiger charge is -2.11. The number of nitrogens with zero attached hydrogens (tertiary/aromatic N) is 1. The highest BCUT2D eigenvalue weighted by molar-refractivity contribution is 5.94. The van der Waals surface area contributed by atoms with E-state index in [1.54, 1.807) is 0 Å². The predicted octanol–water partition coefficient (Wildman–Crippen LogP) is 5.70. The summed E-state index contributed by atoms with van der Waals surface area (Å²) in [5.41, 5.74) is 2.35. The average molecular weight is 343 g/mol. The van der Waals surface area contributed by atoms with Crippen LogP contribution in [0.1, 0.15) is 25.0 Å². The van der Waals surface area contributed by atoms with Crippen molar-refractivity contribution in [3.05, 3.63) is 71.8 Å². The van der Waals surface area contributed by atoms with Gasteiger partial charge in [0.05, 0.1) is 24.9 Å². The van der Waals surface area contributed by atoms with Gasteiger partial charge >= 0.3 is 0 Å². The summed E-state index contributed by atoms with van der Waals surface area (Å²) in [7, 11) is 0. The van der Waals surface area contributed by atoms with Gasteiger partial charge < -0.3 is 9.47 Å². The van der Waals surface area contributed by atoms with Gasteiger partial charge in [-0.2, -0.15) is 5.26 Å². The molecular weight excluding hydrogens is 322 g/mol. The van der Waals surface area contributed by atoms with Gasteiger partial charge in [0.25, 0.3) is 0 Å². The predicted molar refractivity (Wildman–Crippen MR) is 106 cm³/mol. The Morgan fingerprint density at radius 1 is 0.923 bits per heavy atom. The molecule has 0 atom stereocenters. The van der Waals surface area contributed by atoms with Crippen LogP contribution in [0, 0.1) is 11.3 Å². The molecule has 26 heavy (non-hydrogen) atoms. The quantitative estimate of drug-likeness (QED) is 0.426. The van der Waals surface area contributed by atoms with Crippen LogP contribution in [0.15, 0.2) is 60.7 Å². The zero-order chi connectivity index (χ0) is 18.4. The van der Waals surface area contributed by atoms with E-state index in [0.717, 1.165) is 27.6 Å². The van der Waals surface area contributed by atoms with E-state index in [1.165, 1.54) is 0 Å². The average Bonchev–Trinajstić information content (AvgIpc) is 2.67. The van der Waals surface area contributed by atoms with Crippen molar-refractivity contribution in [3.63, 3.8) is 0 Å². The second-order valence-electron chi connectivity index (χ2n) is 5.80. The van der Waals surface area contributed by atoms with Gasteiger partial charge in [-0.1, -0.05) is 36.4 Å². The molecule has 0 unspecified atom stereocenters. The van der Waals surface area contributed by atoms with Crippen molar-refractivity contribution >= 4 is 22.4 Å². The Hall–Kier alpha value is -3.25. The molecule has 3 aromatic rings. The molecule has 0 fully saturated rings. The maximum atomic E-state index is 9.69. The second-order valence-corrected chi connectivity index (χ2v) is 5.80. The Bertz CT molecular complexity index is 983. The number of ether oxygens (including phenoxy) is 2. The molecule has 0 amide bonds. The third-order valence-corrected chi connectivity index (χ3v) is 4.08. The molecule has 0 radical (unpaired) electrons. The molecule has 0 saturated heterocycles. The Morgan fingerprint density at radius 3 is 2.42 bits per heavy atom. The van der Waals surface area contributed by atoms with Crippen molar-refractivity contribution in [2.75, 3.05) is 13.2 Å². The lowest BCUT2D eigenvalue weighted by Crippen LogP contribution is -1.97. The molecule has 130 valence electrons. The SMILES string of the molecule is CCOc1ccc(C=C(C#N)c2ccc3ccccc3c2)c(OCC)c1. The highest BCUT2D eigenvalue weighted by Gasteiger charge is 2.08. The molecule has 3 nitrogen and oxygen atoms in total. The topological polar surface area (TPSA) is 42.2 Å². The summed E-state index contributed by atoms with van der Waals surface area (Å²) < 4.78 is 11.3. The highest BCUT2D eigenvalue weighted by Crippen LogP contribution is 2.30. The van der Waals surface area contributed by atoms with Crippen molar-refractivity contribution in [1.29, 1.82) is 5.26 Å². The van der Waals surface area contributed by atoms with Crippen LogP contribution in [-0.2, 0) is 0 Å². The van der Waals surface area contributed by atoms with E-state index in [4.69, 9.17) is 9.47 Å². The van der Waals surface area contributed by atoms with Crippen LogP contribution < -0.4 is 9.47 Å². The van der Waals surface area contributed by atoms with Gasteiger partial charge in [0.15, 0.2) is 0 Å². The zero-order valence-corrected chi connectivity index (χ0v) is 15.0. The molecule has 3 rings (SSSR count). The van der Waals surface area contributed by atoms with Gasteiger partial charge in [-0.05, 0) is 54.5 Å². The summed E-state index contributed by atoms with van der Waals surface area (Å²) in [6, 6.07) is 22.2. The Morgan fingerprint density at radius 2 is 1.69 bits per heavy atom. The molecule has 0 aliphatic rings. The lowest BCUT2D eigenvalue weighted by atomic mass is 10.00. The Kier molecular flexibility index (Phi) is 5.56.